The van der Waals surface area contributed by atoms with Crippen LogP contribution in [0.1, 0.15) is 26.4 Å². The molecule has 0 aliphatic rings. The molecule has 2 aromatic heterocycles. The number of rotatable bonds is 4. The number of carbonyl (C=O) groups excluding carboxylic acids is 1. The summed E-state index contributed by atoms with van der Waals surface area (Å²) in [5.74, 6) is -0.504. The third-order valence-corrected chi connectivity index (χ3v) is 3.61. The van der Waals surface area contributed by atoms with E-state index in [-0.39, 0.29) is 11.9 Å². The summed E-state index contributed by atoms with van der Waals surface area (Å²) in [6.07, 6.45) is 1.50. The number of carbonyl (C=O) groups is 1. The molecule has 7 heteroatoms. The molecule has 96 valence electrons. The fourth-order valence-corrected chi connectivity index (χ4v) is 2.58. The van der Waals surface area contributed by atoms with Crippen LogP contribution in [0.15, 0.2) is 18.5 Å². The monoisotopic (exact) mass is 266 g/mol. The molecule has 1 unspecified atom stereocenters. The molecule has 0 radical (unpaired) electrons. The largest absolute Gasteiger partial charge is 0.463 e. The number of hydrogen-bond donors (Lipinski definition) is 1. The first kappa shape index (κ1) is 12.7. The van der Waals surface area contributed by atoms with Gasteiger partial charge in [0.05, 0.1) is 7.11 Å². The molecule has 0 fully saturated rings. The Kier molecular flexibility index (Phi) is 3.73. The molecule has 2 aromatic rings. The van der Waals surface area contributed by atoms with Gasteiger partial charge in [-0.05, 0) is 19.1 Å². The number of nitrogens with two attached hydrogens (primary N) is 1. The van der Waals surface area contributed by atoms with Gasteiger partial charge in [-0.15, -0.1) is 16.4 Å². The Balaban J connectivity index is 2.28. The molecule has 1 atom stereocenters. The van der Waals surface area contributed by atoms with Gasteiger partial charge in [0.2, 0.25) is 0 Å². The number of thiophene rings is 1. The summed E-state index contributed by atoms with van der Waals surface area (Å²) < 4.78 is 6.16. The van der Waals surface area contributed by atoms with Crippen LogP contribution in [0.25, 0.3) is 0 Å². The molecule has 0 saturated carbocycles. The van der Waals surface area contributed by atoms with Crippen LogP contribution in [0.2, 0.25) is 0 Å². The van der Waals surface area contributed by atoms with Crippen LogP contribution in [0.4, 0.5) is 0 Å². The summed E-state index contributed by atoms with van der Waals surface area (Å²) in [4.78, 5) is 17.5. The highest BCUT2D eigenvalue weighted by molar-refractivity contribution is 7.12. The minimum Gasteiger partial charge on any atom is -0.463 e. The Morgan fingerprint density at radius 2 is 2.39 bits per heavy atom. The second kappa shape index (κ2) is 5.28. The molecule has 6 nitrogen and oxygen atoms in total. The summed E-state index contributed by atoms with van der Waals surface area (Å²) in [6, 6.07) is 3.94. The van der Waals surface area contributed by atoms with E-state index in [1.54, 1.807) is 16.0 Å². The maximum atomic E-state index is 11.3. The first-order chi connectivity index (χ1) is 8.65. The predicted octanol–water partition coefficient (Wildman–Crippen LogP) is 0.983. The Morgan fingerprint density at radius 3 is 2.94 bits per heavy atom. The number of aromatic nitrogens is 3. The van der Waals surface area contributed by atoms with Gasteiger partial charge in [0.25, 0.3) is 5.82 Å². The molecule has 0 saturated heterocycles. The van der Waals surface area contributed by atoms with E-state index in [2.05, 4.69) is 14.8 Å². The average molecular weight is 266 g/mol. The van der Waals surface area contributed by atoms with Gasteiger partial charge in [-0.3, -0.25) is 0 Å². The summed E-state index contributed by atoms with van der Waals surface area (Å²) >= 11 is 1.65. The molecule has 0 aliphatic carbocycles. The highest BCUT2D eigenvalue weighted by Crippen LogP contribution is 2.24. The molecule has 2 rings (SSSR count). The quantitative estimate of drug-likeness (QED) is 0.834. The van der Waals surface area contributed by atoms with Crippen molar-refractivity contribution >= 4 is 17.3 Å². The molecule has 0 aromatic carbocycles. The molecule has 0 bridgehead atoms. The summed E-state index contributed by atoms with van der Waals surface area (Å²) in [7, 11) is 1.30. The first-order valence-corrected chi connectivity index (χ1v) is 6.23. The predicted molar refractivity (Wildman–Crippen MR) is 67.6 cm³/mol. The number of nitrogens with zero attached hydrogens (tertiary/aromatic N) is 3. The van der Waals surface area contributed by atoms with Gasteiger partial charge in [0.15, 0.2) is 0 Å². The summed E-state index contributed by atoms with van der Waals surface area (Å²) in [5, 5.41) is 4.10. The SMILES string of the molecule is COC(=O)c1ncn(C(CN)c2ccc(C)s2)n1. The number of hydrogen-bond acceptors (Lipinski definition) is 6. The van der Waals surface area contributed by atoms with E-state index in [9.17, 15) is 4.79 Å². The summed E-state index contributed by atoms with van der Waals surface area (Å²) in [5.41, 5.74) is 5.77. The van der Waals surface area contributed by atoms with E-state index in [0.29, 0.717) is 6.54 Å². The fraction of sp³-hybridized carbons (Fsp3) is 0.364. The normalized spacial score (nSPS) is 12.4. The molecular formula is C11H14N4O2S. The number of esters is 1. The molecule has 2 heterocycles. The van der Waals surface area contributed by atoms with Gasteiger partial charge in [-0.2, -0.15) is 0 Å². The fourth-order valence-electron chi connectivity index (χ4n) is 1.60. The number of ether oxygens (including phenoxy) is 1. The van der Waals surface area contributed by atoms with E-state index in [1.165, 1.54) is 18.3 Å². The lowest BCUT2D eigenvalue weighted by atomic mass is 10.2. The first-order valence-electron chi connectivity index (χ1n) is 5.41. The average Bonchev–Trinajstić information content (AvgIpc) is 2.99. The van der Waals surface area contributed by atoms with Crippen LogP contribution in [0.5, 0.6) is 0 Å². The van der Waals surface area contributed by atoms with Crippen LogP contribution in [-0.4, -0.2) is 34.4 Å². The van der Waals surface area contributed by atoms with Gasteiger partial charge in [0, 0.05) is 16.3 Å². The van der Waals surface area contributed by atoms with Crippen molar-refractivity contribution in [2.45, 2.75) is 13.0 Å². The van der Waals surface area contributed by atoms with Gasteiger partial charge < -0.3 is 10.5 Å². The van der Waals surface area contributed by atoms with Crippen molar-refractivity contribution < 1.29 is 9.53 Å². The topological polar surface area (TPSA) is 83.0 Å². The molecule has 0 amide bonds. The van der Waals surface area contributed by atoms with Crippen molar-refractivity contribution in [3.63, 3.8) is 0 Å². The standard InChI is InChI=1S/C11H14N4O2S/c1-7-3-4-9(18-7)8(5-12)15-6-13-10(14-15)11(16)17-2/h3-4,6,8H,5,12H2,1-2H3. The zero-order chi connectivity index (χ0) is 13.1. The van der Waals surface area contributed by atoms with E-state index >= 15 is 0 Å². The van der Waals surface area contributed by atoms with Crippen molar-refractivity contribution in [2.75, 3.05) is 13.7 Å². The van der Waals surface area contributed by atoms with Gasteiger partial charge in [0.1, 0.15) is 12.4 Å². The Morgan fingerprint density at radius 1 is 1.61 bits per heavy atom. The highest BCUT2D eigenvalue weighted by Gasteiger charge is 2.18. The van der Waals surface area contributed by atoms with Crippen LogP contribution >= 0.6 is 11.3 Å². The third-order valence-electron chi connectivity index (χ3n) is 2.51. The summed E-state index contributed by atoms with van der Waals surface area (Å²) in [6.45, 7) is 2.42. The van der Waals surface area contributed by atoms with E-state index in [1.807, 2.05) is 19.1 Å². The lowest BCUT2D eigenvalue weighted by Crippen LogP contribution is -2.20. The van der Waals surface area contributed by atoms with Crippen molar-refractivity contribution in [3.05, 3.63) is 34.0 Å². The van der Waals surface area contributed by atoms with E-state index < -0.39 is 5.97 Å². The zero-order valence-corrected chi connectivity index (χ0v) is 11.0. The zero-order valence-electron chi connectivity index (χ0n) is 10.2. The maximum Gasteiger partial charge on any atom is 0.377 e. The van der Waals surface area contributed by atoms with E-state index in [4.69, 9.17) is 5.73 Å². The van der Waals surface area contributed by atoms with Crippen LogP contribution < -0.4 is 5.73 Å². The highest BCUT2D eigenvalue weighted by atomic mass is 32.1. The minimum atomic E-state index is -0.549. The van der Waals surface area contributed by atoms with Crippen LogP contribution in [0.3, 0.4) is 0 Å². The second-order valence-corrected chi connectivity index (χ2v) is 5.06. The Hall–Kier alpha value is -1.73. The minimum absolute atomic E-state index is 0.0456. The maximum absolute atomic E-state index is 11.3. The van der Waals surface area contributed by atoms with Crippen LogP contribution in [-0.2, 0) is 4.74 Å². The Bertz CT molecular complexity index is 549. The van der Waals surface area contributed by atoms with Crippen molar-refractivity contribution in [2.24, 2.45) is 5.73 Å². The van der Waals surface area contributed by atoms with Gasteiger partial charge >= 0.3 is 5.97 Å². The van der Waals surface area contributed by atoms with Crippen molar-refractivity contribution in [1.82, 2.24) is 14.8 Å². The molecular weight excluding hydrogens is 252 g/mol. The van der Waals surface area contributed by atoms with Gasteiger partial charge in [-0.25, -0.2) is 14.5 Å². The van der Waals surface area contributed by atoms with Crippen molar-refractivity contribution in [3.8, 4) is 0 Å². The van der Waals surface area contributed by atoms with Crippen molar-refractivity contribution in [1.29, 1.82) is 0 Å². The number of methoxy groups -OCH3 is 1. The molecule has 2 N–H and O–H groups in total. The second-order valence-electron chi connectivity index (χ2n) is 3.74. The van der Waals surface area contributed by atoms with Crippen LogP contribution in [0, 0.1) is 6.92 Å². The lowest BCUT2D eigenvalue weighted by molar-refractivity contribution is 0.0586. The smallest absolute Gasteiger partial charge is 0.377 e. The molecule has 0 aliphatic heterocycles. The molecule has 0 spiro atoms. The molecule has 18 heavy (non-hydrogen) atoms. The van der Waals surface area contributed by atoms with E-state index in [0.717, 1.165) is 4.88 Å². The Labute approximate surface area is 108 Å². The lowest BCUT2D eigenvalue weighted by Gasteiger charge is -2.12. The number of aryl methyl sites for hydroxylation is 1. The van der Waals surface area contributed by atoms with Gasteiger partial charge in [-0.1, -0.05) is 0 Å². The third kappa shape index (κ3) is 2.41.